The number of anilines is 1. The minimum absolute atomic E-state index is 0.132. The van der Waals surface area contributed by atoms with Crippen molar-refractivity contribution >= 4 is 50.3 Å². The summed E-state index contributed by atoms with van der Waals surface area (Å²) in [4.78, 5) is 46.5. The van der Waals surface area contributed by atoms with Crippen LogP contribution in [0, 0.1) is 17.7 Å². The molecule has 2 amide bonds. The fraction of sp³-hybridized carbons (Fsp3) is 0.541. The van der Waals surface area contributed by atoms with Crippen molar-refractivity contribution in [3.8, 4) is 5.75 Å². The fourth-order valence-corrected chi connectivity index (χ4v) is 9.24. The van der Waals surface area contributed by atoms with Gasteiger partial charge in [0.25, 0.3) is 11.8 Å². The normalized spacial score (nSPS) is 23.0. The number of ether oxygens (including phenoxy) is 2. The first kappa shape index (κ1) is 37.6. The minimum atomic E-state index is -4.25. The van der Waals surface area contributed by atoms with Gasteiger partial charge >= 0.3 is 15.8 Å². The van der Waals surface area contributed by atoms with E-state index in [4.69, 9.17) is 25.5 Å². The summed E-state index contributed by atoms with van der Waals surface area (Å²) in [5.74, 6) is -2.37. The van der Waals surface area contributed by atoms with Gasteiger partial charge in [0.15, 0.2) is 17.1 Å². The van der Waals surface area contributed by atoms with Crippen LogP contribution in [-0.2, 0) is 27.9 Å². The van der Waals surface area contributed by atoms with Crippen LogP contribution in [0.3, 0.4) is 0 Å². The number of hydrogen-bond acceptors (Lipinski definition) is 10. The number of likely N-dealkylation sites (N-methyl/N-ethyl adjacent to an activating group) is 1. The summed E-state index contributed by atoms with van der Waals surface area (Å²) in [6, 6.07) is 5.89. The molecule has 0 spiro atoms. The number of fused-ring (bicyclic) bond motifs is 4. The van der Waals surface area contributed by atoms with Crippen molar-refractivity contribution in [1.29, 1.82) is 0 Å². The molecule has 2 aliphatic heterocycles. The summed E-state index contributed by atoms with van der Waals surface area (Å²) < 4.78 is 62.4. The molecular formula is C37H45ClFN5O8S. The van der Waals surface area contributed by atoms with Gasteiger partial charge in [-0.3, -0.25) is 14.5 Å². The number of methoxy groups -OCH3 is 1. The predicted molar refractivity (Wildman–Crippen MR) is 197 cm³/mol. The Balaban J connectivity index is 1.16. The van der Waals surface area contributed by atoms with Gasteiger partial charge in [-0.1, -0.05) is 11.6 Å². The Morgan fingerprint density at radius 3 is 2.49 bits per heavy atom. The van der Waals surface area contributed by atoms with Crippen molar-refractivity contribution in [1.82, 2.24) is 18.8 Å². The molecule has 4 aliphatic rings. The van der Waals surface area contributed by atoms with Crippen molar-refractivity contribution in [3.05, 3.63) is 67.8 Å². The van der Waals surface area contributed by atoms with Gasteiger partial charge in [0.2, 0.25) is 0 Å². The number of nitrogens with one attached hydrogen (secondary N) is 1. The van der Waals surface area contributed by atoms with Crippen LogP contribution in [0.25, 0.3) is 11.0 Å². The molecule has 53 heavy (non-hydrogen) atoms. The lowest BCUT2D eigenvalue weighted by Gasteiger charge is -2.40. The monoisotopic (exact) mass is 773 g/mol. The Bertz CT molecular complexity index is 2120. The quantitative estimate of drug-likeness (QED) is 0.300. The second kappa shape index (κ2) is 14.5. The highest BCUT2D eigenvalue weighted by atomic mass is 35.5. The van der Waals surface area contributed by atoms with E-state index in [1.807, 2.05) is 16.9 Å². The molecule has 286 valence electrons. The Labute approximate surface area is 313 Å². The van der Waals surface area contributed by atoms with E-state index in [1.54, 1.807) is 21.0 Å². The number of carbonyl (C=O) groups excluding carboxylic acids is 2. The number of nitrogens with zero attached hydrogens (tertiary/aromatic N) is 4. The number of hydrogen-bond donors (Lipinski definition) is 1. The Kier molecular flexibility index (Phi) is 10.3. The number of halogens is 2. The number of piperazine rings is 1. The number of carbonyl (C=O) groups is 2. The molecule has 3 aromatic rings. The summed E-state index contributed by atoms with van der Waals surface area (Å²) in [6.45, 7) is 6.13. The van der Waals surface area contributed by atoms with E-state index in [9.17, 15) is 22.8 Å². The summed E-state index contributed by atoms with van der Waals surface area (Å²) in [6.07, 6.45) is 2.35. The van der Waals surface area contributed by atoms with Crippen molar-refractivity contribution in [2.24, 2.45) is 11.8 Å². The molecule has 3 heterocycles. The largest absolute Gasteiger partial charge is 0.486 e. The molecular weight excluding hydrogens is 729 g/mol. The maximum Gasteiger partial charge on any atom is 0.341 e. The molecule has 1 aromatic heterocycles. The molecule has 4 atom stereocenters. The molecule has 1 saturated heterocycles. The van der Waals surface area contributed by atoms with Crippen LogP contribution in [0.4, 0.5) is 10.1 Å². The third kappa shape index (κ3) is 7.13. The van der Waals surface area contributed by atoms with Crippen molar-refractivity contribution in [3.63, 3.8) is 0 Å². The maximum atomic E-state index is 16.5. The average molecular weight is 774 g/mol. The van der Waals surface area contributed by atoms with E-state index in [-0.39, 0.29) is 47.5 Å². The molecule has 0 radical (unpaired) electrons. The zero-order valence-electron chi connectivity index (χ0n) is 30.5. The Morgan fingerprint density at radius 2 is 1.79 bits per heavy atom. The Morgan fingerprint density at radius 1 is 1.08 bits per heavy atom. The zero-order valence-corrected chi connectivity index (χ0v) is 32.1. The first-order chi connectivity index (χ1) is 25.2. The van der Waals surface area contributed by atoms with E-state index < -0.39 is 45.3 Å². The second-order valence-corrected chi connectivity index (χ2v) is 17.1. The maximum absolute atomic E-state index is 16.5. The summed E-state index contributed by atoms with van der Waals surface area (Å²) in [5, 5.41) is 1.01. The standard InChI is InChI=1S/C37H45ClFN5O8S/c1-20(2)42(4)53(48,49)40-35(45)28-7-6-27(32(39)34(28)51-24-15-21-14-22(21)16-24)36(46)44-11-10-25-26-8-9-30(31(38)33(26)52-37(47)29(25)18-44)43-13-12-41(3)23(17-43)19-50-5/h6-9,20-24H,10-19H2,1-5H3,(H,40,45)/t21-,22+,23-,24?/m1/s1. The van der Waals surface area contributed by atoms with Gasteiger partial charge in [0, 0.05) is 51.8 Å². The van der Waals surface area contributed by atoms with Gasteiger partial charge in [-0.15, -0.1) is 0 Å². The minimum Gasteiger partial charge on any atom is -0.486 e. The number of rotatable bonds is 10. The Hall–Kier alpha value is -3.76. The van der Waals surface area contributed by atoms with Gasteiger partial charge in [0.1, 0.15) is 5.02 Å². The van der Waals surface area contributed by atoms with Crippen molar-refractivity contribution in [2.75, 3.05) is 58.9 Å². The summed E-state index contributed by atoms with van der Waals surface area (Å²) >= 11 is 6.91. The molecule has 1 N–H and O–H groups in total. The van der Waals surface area contributed by atoms with Crippen LogP contribution in [0.15, 0.2) is 33.5 Å². The molecule has 16 heteroatoms. The van der Waals surface area contributed by atoms with Gasteiger partial charge < -0.3 is 23.7 Å². The highest BCUT2D eigenvalue weighted by Gasteiger charge is 2.47. The van der Waals surface area contributed by atoms with Gasteiger partial charge in [-0.2, -0.15) is 12.7 Å². The fourth-order valence-electron chi connectivity index (χ4n) is 7.87. The topological polar surface area (TPSA) is 142 Å². The first-order valence-electron chi connectivity index (χ1n) is 18.0. The van der Waals surface area contributed by atoms with E-state index in [2.05, 4.69) is 16.8 Å². The molecule has 0 bridgehead atoms. The molecule has 2 aliphatic carbocycles. The average Bonchev–Trinajstić information content (AvgIpc) is 3.74. The smallest absolute Gasteiger partial charge is 0.341 e. The van der Waals surface area contributed by atoms with Crippen molar-refractivity contribution in [2.45, 2.75) is 64.3 Å². The second-order valence-electron chi connectivity index (χ2n) is 15.0. The highest BCUT2D eigenvalue weighted by Crippen LogP contribution is 2.53. The van der Waals surface area contributed by atoms with E-state index in [1.165, 1.54) is 18.0 Å². The van der Waals surface area contributed by atoms with Crippen LogP contribution in [0.1, 0.15) is 65.0 Å². The molecule has 2 aromatic carbocycles. The molecule has 2 saturated carbocycles. The molecule has 1 unspecified atom stereocenters. The predicted octanol–water partition coefficient (Wildman–Crippen LogP) is 4.04. The highest BCUT2D eigenvalue weighted by molar-refractivity contribution is 7.87. The van der Waals surface area contributed by atoms with E-state index in [0.717, 1.165) is 35.6 Å². The van der Waals surface area contributed by atoms with Crippen LogP contribution in [-0.4, -0.2) is 107 Å². The van der Waals surface area contributed by atoms with Crippen LogP contribution in [0.2, 0.25) is 5.02 Å². The lowest BCUT2D eigenvalue weighted by Crippen LogP contribution is -2.53. The van der Waals surface area contributed by atoms with Crippen LogP contribution < -0.4 is 20.0 Å². The SMILES string of the molecule is COC[C@H]1CN(c2ccc3c4c(c(=O)oc3c2Cl)CN(C(=O)c2ccc(C(=O)NS(=O)(=O)N(C)C(C)C)c(OC3C[C@@H]5C[C@@H]5C3)c2F)CC4)CCN1C. The van der Waals surface area contributed by atoms with Crippen molar-refractivity contribution < 1.29 is 36.3 Å². The summed E-state index contributed by atoms with van der Waals surface area (Å²) in [5.41, 5.74) is 0.701. The summed E-state index contributed by atoms with van der Waals surface area (Å²) in [7, 11) is 0.799. The first-order valence-corrected chi connectivity index (χ1v) is 19.8. The lowest BCUT2D eigenvalue weighted by molar-refractivity contribution is 0.0725. The van der Waals surface area contributed by atoms with Crippen LogP contribution in [0.5, 0.6) is 5.75 Å². The van der Waals surface area contributed by atoms with Crippen LogP contribution >= 0.6 is 11.6 Å². The number of benzene rings is 2. The third-order valence-corrected chi connectivity index (χ3v) is 13.3. The lowest BCUT2D eigenvalue weighted by atomic mass is 9.96. The van der Waals surface area contributed by atoms with E-state index in [0.29, 0.717) is 60.2 Å². The molecule has 13 nitrogen and oxygen atoms in total. The molecule has 3 fully saturated rings. The van der Waals surface area contributed by atoms with Gasteiger partial charge in [0.05, 0.1) is 47.7 Å². The third-order valence-electron chi connectivity index (χ3n) is 11.3. The van der Waals surface area contributed by atoms with Gasteiger partial charge in [-0.25, -0.2) is 13.9 Å². The zero-order chi connectivity index (χ0) is 37.9. The van der Waals surface area contributed by atoms with E-state index >= 15 is 4.39 Å². The molecule has 7 rings (SSSR count). The van der Waals surface area contributed by atoms with Gasteiger partial charge in [-0.05, 0) is 88.2 Å². The number of amides is 2.